The van der Waals surface area contributed by atoms with Crippen molar-refractivity contribution in [1.82, 2.24) is 15.0 Å². The SMILES string of the molecule is CCCCSC[C@H]1C[NH+](Cc2c[nH]c3c(N)ncnc23)C[C@@H]1C. The van der Waals surface area contributed by atoms with Crippen molar-refractivity contribution in [1.29, 1.82) is 0 Å². The summed E-state index contributed by atoms with van der Waals surface area (Å²) in [6.07, 6.45) is 6.26. The van der Waals surface area contributed by atoms with E-state index in [9.17, 15) is 0 Å². The number of nitrogens with one attached hydrogen (secondary N) is 2. The van der Waals surface area contributed by atoms with Gasteiger partial charge < -0.3 is 15.6 Å². The Morgan fingerprint density at radius 3 is 3.09 bits per heavy atom. The van der Waals surface area contributed by atoms with E-state index >= 15 is 0 Å². The minimum Gasteiger partial charge on any atom is -0.382 e. The summed E-state index contributed by atoms with van der Waals surface area (Å²) in [6.45, 7) is 8.23. The number of nitrogen functional groups attached to an aromatic ring is 1. The van der Waals surface area contributed by atoms with Gasteiger partial charge in [0.25, 0.3) is 0 Å². The van der Waals surface area contributed by atoms with Gasteiger partial charge >= 0.3 is 0 Å². The molecule has 1 fully saturated rings. The summed E-state index contributed by atoms with van der Waals surface area (Å²) in [6, 6.07) is 0. The smallest absolute Gasteiger partial charge is 0.151 e. The number of unbranched alkanes of at least 4 members (excludes halogenated alkanes) is 1. The molecule has 1 aliphatic rings. The van der Waals surface area contributed by atoms with Gasteiger partial charge in [0.15, 0.2) is 5.82 Å². The Labute approximate surface area is 142 Å². The fraction of sp³-hybridized carbons (Fsp3) is 0.647. The molecule has 4 N–H and O–H groups in total. The molecule has 0 radical (unpaired) electrons. The van der Waals surface area contributed by atoms with Crippen molar-refractivity contribution in [3.05, 3.63) is 18.1 Å². The molecule has 0 saturated carbocycles. The van der Waals surface area contributed by atoms with Crippen molar-refractivity contribution in [2.75, 3.05) is 30.3 Å². The van der Waals surface area contributed by atoms with Crippen LogP contribution in [-0.2, 0) is 6.54 Å². The van der Waals surface area contributed by atoms with Crippen molar-refractivity contribution in [3.63, 3.8) is 0 Å². The number of rotatable bonds is 7. The molecule has 2 aromatic rings. The third-order valence-electron chi connectivity index (χ3n) is 4.95. The van der Waals surface area contributed by atoms with Crippen LogP contribution >= 0.6 is 11.8 Å². The van der Waals surface area contributed by atoms with Gasteiger partial charge in [-0.25, -0.2) is 9.97 Å². The first-order valence-corrected chi connectivity index (χ1v) is 9.82. The van der Waals surface area contributed by atoms with Gasteiger partial charge in [0, 0.05) is 23.8 Å². The normalized spacial score (nSPS) is 24.5. The number of fused-ring (bicyclic) bond motifs is 1. The number of hydrogen-bond acceptors (Lipinski definition) is 4. The lowest BCUT2D eigenvalue weighted by Gasteiger charge is -2.12. The highest BCUT2D eigenvalue weighted by molar-refractivity contribution is 7.99. The second-order valence-corrected chi connectivity index (χ2v) is 7.95. The summed E-state index contributed by atoms with van der Waals surface area (Å²) >= 11 is 2.14. The maximum atomic E-state index is 5.91. The molecule has 2 aromatic heterocycles. The van der Waals surface area contributed by atoms with Crippen LogP contribution in [0.5, 0.6) is 0 Å². The summed E-state index contributed by atoms with van der Waals surface area (Å²) in [4.78, 5) is 13.4. The van der Waals surface area contributed by atoms with E-state index in [1.165, 1.54) is 43.0 Å². The molecule has 0 aromatic carbocycles. The van der Waals surface area contributed by atoms with Crippen LogP contribution in [0.25, 0.3) is 11.0 Å². The molecule has 0 spiro atoms. The van der Waals surface area contributed by atoms with Crippen LogP contribution < -0.4 is 10.6 Å². The van der Waals surface area contributed by atoms with E-state index in [-0.39, 0.29) is 0 Å². The third-order valence-corrected chi connectivity index (χ3v) is 6.19. The molecule has 0 aliphatic carbocycles. The Balaban J connectivity index is 1.59. The maximum Gasteiger partial charge on any atom is 0.151 e. The number of nitrogens with two attached hydrogens (primary N) is 1. The predicted octanol–water partition coefficient (Wildman–Crippen LogP) is 1.72. The van der Waals surface area contributed by atoms with Crippen LogP contribution in [0.4, 0.5) is 5.82 Å². The van der Waals surface area contributed by atoms with Crippen molar-refractivity contribution in [2.24, 2.45) is 11.8 Å². The highest BCUT2D eigenvalue weighted by atomic mass is 32.2. The van der Waals surface area contributed by atoms with Crippen molar-refractivity contribution in [2.45, 2.75) is 33.2 Å². The lowest BCUT2D eigenvalue weighted by Crippen LogP contribution is -3.09. The number of aromatic nitrogens is 3. The first-order valence-electron chi connectivity index (χ1n) is 8.66. The molecule has 3 heterocycles. The van der Waals surface area contributed by atoms with Gasteiger partial charge in [-0.2, -0.15) is 11.8 Å². The lowest BCUT2D eigenvalue weighted by molar-refractivity contribution is -0.904. The average Bonchev–Trinajstić information content (AvgIpc) is 3.09. The fourth-order valence-electron chi connectivity index (χ4n) is 3.54. The Kier molecular flexibility index (Phi) is 5.43. The molecule has 23 heavy (non-hydrogen) atoms. The number of hydrogen-bond donors (Lipinski definition) is 3. The highest BCUT2D eigenvalue weighted by Gasteiger charge is 2.33. The van der Waals surface area contributed by atoms with Gasteiger partial charge in [-0.3, -0.25) is 0 Å². The zero-order valence-electron chi connectivity index (χ0n) is 14.1. The molecule has 3 atom stereocenters. The third kappa shape index (κ3) is 3.80. The van der Waals surface area contributed by atoms with E-state index in [1.807, 2.05) is 0 Å². The van der Waals surface area contributed by atoms with Gasteiger partial charge in [-0.1, -0.05) is 20.3 Å². The van der Waals surface area contributed by atoms with Crippen LogP contribution in [-0.4, -0.2) is 39.5 Å². The fourth-order valence-corrected chi connectivity index (χ4v) is 4.95. The summed E-state index contributed by atoms with van der Waals surface area (Å²) < 4.78 is 0. The predicted molar refractivity (Wildman–Crippen MR) is 97.6 cm³/mol. The Bertz CT molecular complexity index is 641. The second-order valence-electron chi connectivity index (χ2n) is 6.80. The summed E-state index contributed by atoms with van der Waals surface area (Å²) in [5.41, 5.74) is 9.03. The standard InChI is InChI=1S/C17H27N5S/c1-3-4-5-23-10-14-9-22(7-12(14)2)8-13-6-19-16-15(13)20-11-21-17(16)18/h6,11-12,14,19H,3-5,7-10H2,1-2H3,(H2,18,20,21)/p+1/t12-,14+/m0/s1. The highest BCUT2D eigenvalue weighted by Crippen LogP contribution is 2.21. The number of thioether (sulfide) groups is 1. The molecule has 0 amide bonds. The molecular formula is C17H28N5S+. The molecule has 0 bridgehead atoms. The van der Waals surface area contributed by atoms with Crippen LogP contribution in [0.1, 0.15) is 32.3 Å². The Morgan fingerprint density at radius 1 is 1.39 bits per heavy atom. The summed E-state index contributed by atoms with van der Waals surface area (Å²) in [5, 5.41) is 0. The summed E-state index contributed by atoms with van der Waals surface area (Å²) in [7, 11) is 0. The van der Waals surface area contributed by atoms with Gasteiger partial charge in [0.05, 0.1) is 18.7 Å². The topological polar surface area (TPSA) is 72.0 Å². The molecule has 5 nitrogen and oxygen atoms in total. The van der Waals surface area contributed by atoms with Gasteiger partial charge in [0.2, 0.25) is 0 Å². The molecule has 1 aliphatic heterocycles. The van der Waals surface area contributed by atoms with Gasteiger partial charge in [-0.15, -0.1) is 0 Å². The lowest BCUT2D eigenvalue weighted by atomic mass is 10.0. The molecule has 1 unspecified atom stereocenters. The minimum atomic E-state index is 0.538. The molecule has 1 saturated heterocycles. The van der Waals surface area contributed by atoms with E-state index in [0.29, 0.717) is 5.82 Å². The van der Waals surface area contributed by atoms with E-state index in [1.54, 1.807) is 11.2 Å². The van der Waals surface area contributed by atoms with E-state index in [4.69, 9.17) is 5.73 Å². The van der Waals surface area contributed by atoms with E-state index < -0.39 is 0 Å². The van der Waals surface area contributed by atoms with Crippen molar-refractivity contribution >= 4 is 28.6 Å². The monoisotopic (exact) mass is 334 g/mol. The van der Waals surface area contributed by atoms with Crippen molar-refractivity contribution in [3.8, 4) is 0 Å². The van der Waals surface area contributed by atoms with Crippen molar-refractivity contribution < 1.29 is 4.90 Å². The Morgan fingerprint density at radius 2 is 2.26 bits per heavy atom. The minimum absolute atomic E-state index is 0.538. The van der Waals surface area contributed by atoms with Crippen LogP contribution in [0.15, 0.2) is 12.5 Å². The quantitative estimate of drug-likeness (QED) is 0.674. The first kappa shape index (κ1) is 16.6. The van der Waals surface area contributed by atoms with E-state index in [0.717, 1.165) is 29.4 Å². The Hall–Kier alpha value is -1.27. The van der Waals surface area contributed by atoms with Gasteiger partial charge in [-0.05, 0) is 12.2 Å². The number of nitrogens with zero attached hydrogens (tertiary/aromatic N) is 2. The number of H-pyrrole nitrogens is 1. The molecule has 3 rings (SSSR count). The number of anilines is 1. The largest absolute Gasteiger partial charge is 0.382 e. The molecule has 126 valence electrons. The number of quaternary nitrogens is 1. The molecule has 6 heteroatoms. The van der Waals surface area contributed by atoms with Crippen LogP contribution in [0.2, 0.25) is 0 Å². The maximum absolute atomic E-state index is 5.91. The van der Waals surface area contributed by atoms with E-state index in [2.05, 4.69) is 46.8 Å². The van der Waals surface area contributed by atoms with Crippen LogP contribution in [0.3, 0.4) is 0 Å². The summed E-state index contributed by atoms with van der Waals surface area (Å²) in [5.74, 6) is 4.82. The first-order chi connectivity index (χ1) is 11.2. The second kappa shape index (κ2) is 7.53. The molecular weight excluding hydrogens is 306 g/mol. The zero-order valence-corrected chi connectivity index (χ0v) is 15.0. The average molecular weight is 335 g/mol. The number of aromatic amines is 1. The van der Waals surface area contributed by atoms with Gasteiger partial charge in [0.1, 0.15) is 23.9 Å². The zero-order chi connectivity index (χ0) is 16.2. The number of likely N-dealkylation sites (tertiary alicyclic amines) is 1. The van der Waals surface area contributed by atoms with Crippen LogP contribution in [0, 0.1) is 11.8 Å².